The number of halogens is 1. The van der Waals surface area contributed by atoms with E-state index in [1.54, 1.807) is 18.3 Å². The molecule has 0 aromatic carbocycles. The molecule has 0 aliphatic rings. The standard InChI is InChI=1S/C9H8FNO2/c1-6-2-3-7(11-5-6)4-8(10)9(12)13/h2-5H,1H3,(H,12,13). The maximum atomic E-state index is 12.5. The van der Waals surface area contributed by atoms with Crippen molar-refractivity contribution in [1.82, 2.24) is 4.98 Å². The molecule has 0 atom stereocenters. The van der Waals surface area contributed by atoms with Crippen LogP contribution in [0.4, 0.5) is 4.39 Å². The van der Waals surface area contributed by atoms with E-state index in [0.29, 0.717) is 5.69 Å². The van der Waals surface area contributed by atoms with Gasteiger partial charge in [0.05, 0.1) is 5.69 Å². The number of hydrogen-bond acceptors (Lipinski definition) is 2. The van der Waals surface area contributed by atoms with E-state index in [4.69, 9.17) is 5.11 Å². The Balaban J connectivity index is 2.92. The SMILES string of the molecule is Cc1ccc(C=C(F)C(=O)O)nc1. The van der Waals surface area contributed by atoms with Gasteiger partial charge in [0.25, 0.3) is 0 Å². The van der Waals surface area contributed by atoms with Crippen LogP contribution < -0.4 is 0 Å². The van der Waals surface area contributed by atoms with E-state index < -0.39 is 11.8 Å². The number of carboxylic acid groups (broad SMARTS) is 1. The monoisotopic (exact) mass is 181 g/mol. The summed E-state index contributed by atoms with van der Waals surface area (Å²) in [5, 5.41) is 8.23. The smallest absolute Gasteiger partial charge is 0.364 e. The molecule has 0 radical (unpaired) electrons. The normalized spacial score (nSPS) is 11.4. The van der Waals surface area contributed by atoms with Crippen LogP contribution in [0.3, 0.4) is 0 Å². The molecular formula is C9H8FNO2. The fourth-order valence-corrected chi connectivity index (χ4v) is 0.756. The molecule has 0 unspecified atom stereocenters. The first-order valence-corrected chi connectivity index (χ1v) is 3.63. The largest absolute Gasteiger partial charge is 0.476 e. The first kappa shape index (κ1) is 9.38. The van der Waals surface area contributed by atoms with Gasteiger partial charge in [0.1, 0.15) is 0 Å². The third-order valence-corrected chi connectivity index (χ3v) is 1.41. The van der Waals surface area contributed by atoms with Crippen molar-refractivity contribution in [3.63, 3.8) is 0 Å². The summed E-state index contributed by atoms with van der Waals surface area (Å²) in [6.07, 6.45) is 2.42. The lowest BCUT2D eigenvalue weighted by Crippen LogP contribution is -1.94. The van der Waals surface area contributed by atoms with Crippen LogP contribution in [0.15, 0.2) is 24.2 Å². The summed E-state index contributed by atoms with van der Waals surface area (Å²) < 4.78 is 12.5. The van der Waals surface area contributed by atoms with Crippen molar-refractivity contribution in [2.45, 2.75) is 6.92 Å². The molecule has 3 nitrogen and oxygen atoms in total. The Labute approximate surface area is 74.5 Å². The number of pyridine rings is 1. The van der Waals surface area contributed by atoms with Gasteiger partial charge in [0, 0.05) is 12.3 Å². The molecular weight excluding hydrogens is 173 g/mol. The minimum absolute atomic E-state index is 0.297. The lowest BCUT2D eigenvalue weighted by atomic mass is 10.2. The van der Waals surface area contributed by atoms with Crippen molar-refractivity contribution >= 4 is 12.0 Å². The number of aliphatic carboxylic acids is 1. The predicted molar refractivity (Wildman–Crippen MR) is 45.7 cm³/mol. The van der Waals surface area contributed by atoms with Crippen LogP contribution in [0.5, 0.6) is 0 Å². The zero-order chi connectivity index (χ0) is 9.84. The zero-order valence-corrected chi connectivity index (χ0v) is 6.99. The highest BCUT2D eigenvalue weighted by Gasteiger charge is 2.04. The van der Waals surface area contributed by atoms with Crippen molar-refractivity contribution in [1.29, 1.82) is 0 Å². The molecule has 0 fully saturated rings. The molecule has 0 aliphatic heterocycles. The van der Waals surface area contributed by atoms with E-state index in [1.165, 1.54) is 0 Å². The fourth-order valence-electron chi connectivity index (χ4n) is 0.756. The number of carboxylic acids is 1. The van der Waals surface area contributed by atoms with Crippen molar-refractivity contribution < 1.29 is 14.3 Å². The highest BCUT2D eigenvalue weighted by atomic mass is 19.1. The van der Waals surface area contributed by atoms with E-state index in [9.17, 15) is 9.18 Å². The number of carbonyl (C=O) groups is 1. The molecule has 1 rings (SSSR count). The molecule has 0 saturated carbocycles. The summed E-state index contributed by atoms with van der Waals surface area (Å²) in [5.74, 6) is -2.79. The average Bonchev–Trinajstić information content (AvgIpc) is 2.08. The van der Waals surface area contributed by atoms with Gasteiger partial charge in [0.15, 0.2) is 0 Å². The van der Waals surface area contributed by atoms with Gasteiger partial charge >= 0.3 is 5.97 Å². The van der Waals surface area contributed by atoms with E-state index in [-0.39, 0.29) is 0 Å². The highest BCUT2D eigenvalue weighted by Crippen LogP contribution is 2.06. The van der Waals surface area contributed by atoms with Gasteiger partial charge in [-0.25, -0.2) is 4.79 Å². The first-order valence-electron chi connectivity index (χ1n) is 3.63. The van der Waals surface area contributed by atoms with Gasteiger partial charge in [-0.1, -0.05) is 6.07 Å². The highest BCUT2D eigenvalue weighted by molar-refractivity contribution is 5.89. The maximum absolute atomic E-state index is 12.5. The van der Waals surface area contributed by atoms with Gasteiger partial charge in [-0.05, 0) is 18.6 Å². The van der Waals surface area contributed by atoms with Crippen molar-refractivity contribution in [2.75, 3.05) is 0 Å². The van der Waals surface area contributed by atoms with E-state index in [1.807, 2.05) is 6.92 Å². The first-order chi connectivity index (χ1) is 6.09. The van der Waals surface area contributed by atoms with E-state index in [0.717, 1.165) is 11.6 Å². The lowest BCUT2D eigenvalue weighted by Gasteiger charge is -1.93. The number of rotatable bonds is 2. The molecule has 68 valence electrons. The van der Waals surface area contributed by atoms with Crippen LogP contribution >= 0.6 is 0 Å². The Morgan fingerprint density at radius 2 is 2.31 bits per heavy atom. The summed E-state index contributed by atoms with van der Waals surface area (Å²) in [6.45, 7) is 1.84. The number of aryl methyl sites for hydroxylation is 1. The minimum atomic E-state index is -1.58. The molecule has 1 aromatic rings. The molecule has 1 heterocycles. The Morgan fingerprint density at radius 1 is 1.62 bits per heavy atom. The quantitative estimate of drug-likeness (QED) is 0.707. The Morgan fingerprint density at radius 3 is 2.77 bits per heavy atom. The fraction of sp³-hybridized carbons (Fsp3) is 0.111. The van der Waals surface area contributed by atoms with Gasteiger partial charge in [0.2, 0.25) is 5.83 Å². The predicted octanol–water partition coefficient (Wildman–Crippen LogP) is 1.79. The summed E-state index contributed by atoms with van der Waals surface area (Å²) in [6, 6.07) is 3.28. The average molecular weight is 181 g/mol. The van der Waals surface area contributed by atoms with E-state index >= 15 is 0 Å². The van der Waals surface area contributed by atoms with Gasteiger partial charge in [-0.3, -0.25) is 4.98 Å². The number of hydrogen-bond donors (Lipinski definition) is 1. The summed E-state index contributed by atoms with van der Waals surface area (Å²) in [5.41, 5.74) is 1.23. The molecule has 1 aromatic heterocycles. The van der Waals surface area contributed by atoms with Crippen LogP contribution in [0.25, 0.3) is 6.08 Å². The topological polar surface area (TPSA) is 50.2 Å². The van der Waals surface area contributed by atoms with Crippen LogP contribution in [-0.2, 0) is 4.79 Å². The molecule has 0 spiro atoms. The Kier molecular flexibility index (Phi) is 2.74. The van der Waals surface area contributed by atoms with Crippen LogP contribution in [0.1, 0.15) is 11.3 Å². The number of aromatic nitrogens is 1. The van der Waals surface area contributed by atoms with Crippen LogP contribution in [-0.4, -0.2) is 16.1 Å². The second-order valence-corrected chi connectivity index (χ2v) is 2.56. The second-order valence-electron chi connectivity index (χ2n) is 2.56. The third-order valence-electron chi connectivity index (χ3n) is 1.41. The summed E-state index contributed by atoms with van der Waals surface area (Å²) in [4.78, 5) is 13.9. The van der Waals surface area contributed by atoms with Crippen molar-refractivity contribution in [2.24, 2.45) is 0 Å². The molecule has 0 saturated heterocycles. The van der Waals surface area contributed by atoms with E-state index in [2.05, 4.69) is 4.98 Å². The van der Waals surface area contributed by atoms with Gasteiger partial charge in [-0.15, -0.1) is 0 Å². The van der Waals surface area contributed by atoms with Crippen LogP contribution in [0, 0.1) is 6.92 Å². The molecule has 0 bridgehead atoms. The lowest BCUT2D eigenvalue weighted by molar-refractivity contribution is -0.134. The van der Waals surface area contributed by atoms with Gasteiger partial charge in [-0.2, -0.15) is 4.39 Å². The molecule has 0 aliphatic carbocycles. The Hall–Kier alpha value is -1.71. The van der Waals surface area contributed by atoms with Crippen molar-refractivity contribution in [3.05, 3.63) is 35.4 Å². The van der Waals surface area contributed by atoms with Crippen LogP contribution in [0.2, 0.25) is 0 Å². The second kappa shape index (κ2) is 3.80. The molecule has 13 heavy (non-hydrogen) atoms. The molecule has 4 heteroatoms. The van der Waals surface area contributed by atoms with Crippen molar-refractivity contribution in [3.8, 4) is 0 Å². The van der Waals surface area contributed by atoms with Gasteiger partial charge < -0.3 is 5.11 Å². The third kappa shape index (κ3) is 2.66. The Bertz CT molecular complexity index is 343. The maximum Gasteiger partial charge on any atom is 0.364 e. The summed E-state index contributed by atoms with van der Waals surface area (Å²) in [7, 11) is 0. The minimum Gasteiger partial charge on any atom is -0.476 e. The molecule has 1 N–H and O–H groups in total. The molecule has 0 amide bonds. The number of nitrogens with zero attached hydrogens (tertiary/aromatic N) is 1. The summed E-state index contributed by atoms with van der Waals surface area (Å²) >= 11 is 0. The zero-order valence-electron chi connectivity index (χ0n) is 6.99.